The number of aromatic nitrogens is 2. The van der Waals surface area contributed by atoms with Gasteiger partial charge in [0.1, 0.15) is 5.69 Å². The molecule has 0 aliphatic heterocycles. The van der Waals surface area contributed by atoms with Gasteiger partial charge in [0.2, 0.25) is 0 Å². The molecule has 1 heterocycles. The number of carbonyl (C=O) groups excluding carboxylic acids is 1. The van der Waals surface area contributed by atoms with Crippen molar-refractivity contribution in [2.24, 2.45) is 11.7 Å². The number of nitrogens with zero attached hydrogens (tertiary/aromatic N) is 3. The number of nitrogens with two attached hydrogens (primary N) is 1. The van der Waals surface area contributed by atoms with Crippen molar-refractivity contribution in [3.8, 4) is 5.69 Å². The van der Waals surface area contributed by atoms with E-state index in [9.17, 15) is 14.9 Å². The number of carbonyl (C=O) groups is 1. The van der Waals surface area contributed by atoms with Crippen LogP contribution in [0.4, 0.5) is 5.69 Å². The highest BCUT2D eigenvalue weighted by Gasteiger charge is 2.28. The van der Waals surface area contributed by atoms with E-state index in [1.54, 1.807) is 0 Å². The number of non-ortho nitro benzene ring substituents is 1. The summed E-state index contributed by atoms with van der Waals surface area (Å²) in [6, 6.07) is 3.81. The molecule has 8 nitrogen and oxygen atoms in total. The minimum atomic E-state index is -0.591. The SMILES string of the molecule is Cl.NC(CNC(=O)c1ccn(-c2c(Cl)cc([N+](=O)[O-])cc2Cl)n1)C1CC1. The highest BCUT2D eigenvalue weighted by atomic mass is 35.5. The summed E-state index contributed by atoms with van der Waals surface area (Å²) in [5.41, 5.74) is 6.17. The number of amides is 1. The lowest BCUT2D eigenvalue weighted by molar-refractivity contribution is -0.384. The first-order valence-electron chi connectivity index (χ1n) is 7.60. The standard InChI is InChI=1S/C15H15Cl2N5O3.ClH/c16-10-5-9(22(24)25)6-11(17)14(10)21-4-3-13(20-21)15(23)19-7-12(18)8-1-2-8;/h3-6,8,12H,1-2,7,18H2,(H,19,23);1H. The summed E-state index contributed by atoms with van der Waals surface area (Å²) in [5.74, 6) is 0.125. The number of hydrogen-bond acceptors (Lipinski definition) is 5. The third kappa shape index (κ3) is 4.45. The van der Waals surface area contributed by atoms with Crippen molar-refractivity contribution in [2.45, 2.75) is 18.9 Å². The maximum Gasteiger partial charge on any atom is 0.272 e. The molecule has 26 heavy (non-hydrogen) atoms. The van der Waals surface area contributed by atoms with Crippen LogP contribution in [0.5, 0.6) is 0 Å². The number of nitro groups is 1. The number of halogens is 3. The van der Waals surface area contributed by atoms with Crippen LogP contribution in [0, 0.1) is 16.0 Å². The molecular weight excluding hydrogens is 405 g/mol. The predicted octanol–water partition coefficient (Wildman–Crippen LogP) is 2.98. The van der Waals surface area contributed by atoms with Gasteiger partial charge in [0.15, 0.2) is 5.69 Å². The van der Waals surface area contributed by atoms with Crippen molar-refractivity contribution in [3.05, 3.63) is 50.2 Å². The number of benzene rings is 1. The quantitative estimate of drug-likeness (QED) is 0.550. The predicted molar refractivity (Wildman–Crippen MR) is 101 cm³/mol. The lowest BCUT2D eigenvalue weighted by Gasteiger charge is -2.10. The third-order valence-corrected chi connectivity index (χ3v) is 4.57. The normalized spacial score (nSPS) is 14.4. The van der Waals surface area contributed by atoms with Crippen LogP contribution < -0.4 is 11.1 Å². The van der Waals surface area contributed by atoms with E-state index in [4.69, 9.17) is 28.9 Å². The lowest BCUT2D eigenvalue weighted by atomic mass is 10.2. The molecule has 1 atom stereocenters. The fourth-order valence-electron chi connectivity index (χ4n) is 2.44. The number of hydrogen-bond donors (Lipinski definition) is 2. The molecule has 1 aromatic heterocycles. The van der Waals surface area contributed by atoms with E-state index >= 15 is 0 Å². The van der Waals surface area contributed by atoms with Crippen LogP contribution in [-0.4, -0.2) is 33.2 Å². The Balaban J connectivity index is 0.00000243. The average Bonchev–Trinajstić information content (AvgIpc) is 3.30. The molecule has 3 N–H and O–H groups in total. The first kappa shape index (κ1) is 20.4. The van der Waals surface area contributed by atoms with E-state index < -0.39 is 4.92 Å². The summed E-state index contributed by atoms with van der Waals surface area (Å²) in [7, 11) is 0. The summed E-state index contributed by atoms with van der Waals surface area (Å²) in [6.45, 7) is 0.384. The Kier molecular flexibility index (Phi) is 6.46. The average molecular weight is 421 g/mol. The highest BCUT2D eigenvalue weighted by molar-refractivity contribution is 6.38. The van der Waals surface area contributed by atoms with E-state index in [0.29, 0.717) is 12.5 Å². The molecule has 0 saturated heterocycles. The summed E-state index contributed by atoms with van der Waals surface area (Å²) >= 11 is 12.2. The number of rotatable bonds is 6. The molecule has 1 saturated carbocycles. The van der Waals surface area contributed by atoms with Gasteiger partial charge in [-0.2, -0.15) is 5.10 Å². The maximum atomic E-state index is 12.2. The fraction of sp³-hybridized carbons (Fsp3) is 0.333. The van der Waals surface area contributed by atoms with Crippen LogP contribution >= 0.6 is 35.6 Å². The zero-order valence-corrected chi connectivity index (χ0v) is 15.7. The second kappa shape index (κ2) is 8.22. The molecular formula is C15H16Cl3N5O3. The van der Waals surface area contributed by atoms with Gasteiger partial charge < -0.3 is 11.1 Å². The zero-order valence-electron chi connectivity index (χ0n) is 13.4. The third-order valence-electron chi connectivity index (χ3n) is 3.99. The second-order valence-corrected chi connectivity index (χ2v) is 6.69. The van der Waals surface area contributed by atoms with Crippen molar-refractivity contribution < 1.29 is 9.72 Å². The topological polar surface area (TPSA) is 116 Å². The minimum Gasteiger partial charge on any atom is -0.349 e. The van der Waals surface area contributed by atoms with Gasteiger partial charge in [0.25, 0.3) is 11.6 Å². The molecule has 11 heteroatoms. The summed E-state index contributed by atoms with van der Waals surface area (Å²) < 4.78 is 1.31. The Labute approximate surface area is 165 Å². The Morgan fingerprint density at radius 3 is 2.58 bits per heavy atom. The van der Waals surface area contributed by atoms with Crippen molar-refractivity contribution in [1.29, 1.82) is 0 Å². The molecule has 140 valence electrons. The van der Waals surface area contributed by atoms with E-state index in [1.807, 2.05) is 0 Å². The van der Waals surface area contributed by atoms with Gasteiger partial charge in [-0.05, 0) is 24.8 Å². The maximum absolute atomic E-state index is 12.2. The molecule has 0 spiro atoms. The summed E-state index contributed by atoms with van der Waals surface area (Å²) in [4.78, 5) is 22.4. The van der Waals surface area contributed by atoms with Gasteiger partial charge in [0, 0.05) is 30.9 Å². The van der Waals surface area contributed by atoms with Crippen LogP contribution in [0.15, 0.2) is 24.4 Å². The molecule has 1 aromatic carbocycles. The molecule has 0 bridgehead atoms. The largest absolute Gasteiger partial charge is 0.349 e. The van der Waals surface area contributed by atoms with Crippen LogP contribution in [0.25, 0.3) is 5.69 Å². The fourth-order valence-corrected chi connectivity index (χ4v) is 3.09. The number of nitro benzene ring substituents is 1. The molecule has 1 unspecified atom stereocenters. The number of nitrogens with one attached hydrogen (secondary N) is 1. The molecule has 1 aliphatic rings. The van der Waals surface area contributed by atoms with Crippen molar-refractivity contribution in [3.63, 3.8) is 0 Å². The summed E-state index contributed by atoms with van der Waals surface area (Å²) in [5, 5.41) is 17.8. The monoisotopic (exact) mass is 419 g/mol. The first-order chi connectivity index (χ1) is 11.9. The van der Waals surface area contributed by atoms with Crippen LogP contribution in [0.2, 0.25) is 10.0 Å². The van der Waals surface area contributed by atoms with E-state index in [1.165, 1.54) is 29.1 Å². The molecule has 3 rings (SSSR count). The van der Waals surface area contributed by atoms with Crippen molar-refractivity contribution in [1.82, 2.24) is 15.1 Å². The zero-order chi connectivity index (χ0) is 18.1. The molecule has 2 aromatic rings. The summed E-state index contributed by atoms with van der Waals surface area (Å²) in [6.07, 6.45) is 3.71. The van der Waals surface area contributed by atoms with Crippen LogP contribution in [-0.2, 0) is 0 Å². The molecule has 1 amide bonds. The van der Waals surface area contributed by atoms with Gasteiger partial charge in [-0.25, -0.2) is 4.68 Å². The Bertz CT molecular complexity index is 815. The van der Waals surface area contributed by atoms with Gasteiger partial charge in [0.05, 0.1) is 15.0 Å². The minimum absolute atomic E-state index is 0. The van der Waals surface area contributed by atoms with Crippen LogP contribution in [0.3, 0.4) is 0 Å². The van der Waals surface area contributed by atoms with Gasteiger partial charge in [-0.3, -0.25) is 14.9 Å². The Hall–Kier alpha value is -1.87. The van der Waals surface area contributed by atoms with E-state index in [0.717, 1.165) is 12.8 Å². The van der Waals surface area contributed by atoms with E-state index in [2.05, 4.69) is 10.4 Å². The molecule has 1 aliphatic carbocycles. The molecule has 0 radical (unpaired) electrons. The first-order valence-corrected chi connectivity index (χ1v) is 8.35. The lowest BCUT2D eigenvalue weighted by Crippen LogP contribution is -2.38. The van der Waals surface area contributed by atoms with Gasteiger partial charge >= 0.3 is 0 Å². The Morgan fingerprint density at radius 2 is 2.04 bits per heavy atom. The van der Waals surface area contributed by atoms with E-state index in [-0.39, 0.29) is 51.5 Å². The second-order valence-electron chi connectivity index (χ2n) is 5.87. The van der Waals surface area contributed by atoms with Crippen molar-refractivity contribution >= 4 is 47.2 Å². The van der Waals surface area contributed by atoms with Gasteiger partial charge in [-0.1, -0.05) is 23.2 Å². The Morgan fingerprint density at radius 1 is 1.42 bits per heavy atom. The highest BCUT2D eigenvalue weighted by Crippen LogP contribution is 2.33. The smallest absolute Gasteiger partial charge is 0.272 e. The van der Waals surface area contributed by atoms with Gasteiger partial charge in [-0.15, -0.1) is 12.4 Å². The molecule has 1 fully saturated rings. The van der Waals surface area contributed by atoms with Crippen molar-refractivity contribution in [2.75, 3.05) is 6.54 Å². The van der Waals surface area contributed by atoms with Crippen LogP contribution in [0.1, 0.15) is 23.3 Å².